The lowest BCUT2D eigenvalue weighted by Crippen LogP contribution is -2.26. The molecule has 1 unspecified atom stereocenters. The molecule has 2 N–H and O–H groups in total. The van der Waals surface area contributed by atoms with E-state index in [1.807, 2.05) is 32.2 Å². The topological polar surface area (TPSA) is 41.5 Å². The van der Waals surface area contributed by atoms with Crippen molar-refractivity contribution in [1.29, 1.82) is 0 Å². The van der Waals surface area contributed by atoms with E-state index < -0.39 is 6.10 Å². The number of rotatable bonds is 5. The van der Waals surface area contributed by atoms with Crippen LogP contribution in [0.15, 0.2) is 18.2 Å². The molecule has 0 saturated heterocycles. The molecule has 0 aliphatic heterocycles. The van der Waals surface area contributed by atoms with Gasteiger partial charge in [-0.15, -0.1) is 0 Å². The standard InChI is InChI=1S/C14H21NO2/c1-10-6-7-14(17-11-4-3-5-11)12(8-10)13(16)9-15-2/h6-8,11,13,15-16H,3-5,9H2,1-2H3. The van der Waals surface area contributed by atoms with Crippen LogP contribution in [0.25, 0.3) is 0 Å². The second-order valence-electron chi connectivity index (χ2n) is 4.79. The van der Waals surface area contributed by atoms with E-state index in [1.54, 1.807) is 0 Å². The van der Waals surface area contributed by atoms with E-state index in [-0.39, 0.29) is 0 Å². The zero-order chi connectivity index (χ0) is 12.3. The highest BCUT2D eigenvalue weighted by Gasteiger charge is 2.22. The first-order valence-electron chi connectivity index (χ1n) is 6.30. The highest BCUT2D eigenvalue weighted by atomic mass is 16.5. The van der Waals surface area contributed by atoms with Crippen molar-refractivity contribution in [3.63, 3.8) is 0 Å². The van der Waals surface area contributed by atoms with Gasteiger partial charge in [0.05, 0.1) is 12.2 Å². The van der Waals surface area contributed by atoms with Crippen molar-refractivity contribution in [3.8, 4) is 5.75 Å². The minimum absolute atomic E-state index is 0.346. The summed E-state index contributed by atoms with van der Waals surface area (Å²) in [6, 6.07) is 6.02. The number of aliphatic hydroxyl groups excluding tert-OH is 1. The smallest absolute Gasteiger partial charge is 0.125 e. The first-order valence-corrected chi connectivity index (χ1v) is 6.30. The molecule has 3 nitrogen and oxygen atoms in total. The van der Waals surface area contributed by atoms with Crippen molar-refractivity contribution in [3.05, 3.63) is 29.3 Å². The van der Waals surface area contributed by atoms with Gasteiger partial charge in [-0.3, -0.25) is 0 Å². The van der Waals surface area contributed by atoms with Crippen LogP contribution in [0.4, 0.5) is 0 Å². The maximum Gasteiger partial charge on any atom is 0.125 e. The van der Waals surface area contributed by atoms with Gasteiger partial charge in [0.25, 0.3) is 0 Å². The summed E-state index contributed by atoms with van der Waals surface area (Å²) in [7, 11) is 1.84. The molecule has 1 atom stereocenters. The van der Waals surface area contributed by atoms with E-state index >= 15 is 0 Å². The second kappa shape index (κ2) is 5.52. The predicted molar refractivity (Wildman–Crippen MR) is 68.3 cm³/mol. The van der Waals surface area contributed by atoms with Crippen LogP contribution in [0, 0.1) is 6.92 Å². The van der Waals surface area contributed by atoms with Crippen LogP contribution >= 0.6 is 0 Å². The third-order valence-electron chi connectivity index (χ3n) is 3.27. The quantitative estimate of drug-likeness (QED) is 0.822. The highest BCUT2D eigenvalue weighted by molar-refractivity contribution is 5.39. The molecule has 0 heterocycles. The third-order valence-corrected chi connectivity index (χ3v) is 3.27. The molecule has 1 aromatic carbocycles. The maximum absolute atomic E-state index is 10.1. The van der Waals surface area contributed by atoms with Gasteiger partial charge < -0.3 is 15.2 Å². The fourth-order valence-corrected chi connectivity index (χ4v) is 2.01. The summed E-state index contributed by atoms with van der Waals surface area (Å²) in [5, 5.41) is 13.1. The van der Waals surface area contributed by atoms with E-state index in [2.05, 4.69) is 5.32 Å². The average Bonchev–Trinajstić information content (AvgIpc) is 2.25. The van der Waals surface area contributed by atoms with Crippen molar-refractivity contribution < 1.29 is 9.84 Å². The second-order valence-corrected chi connectivity index (χ2v) is 4.79. The minimum Gasteiger partial charge on any atom is -0.490 e. The number of aliphatic hydroxyl groups is 1. The minimum atomic E-state index is -0.505. The molecule has 1 aliphatic rings. The monoisotopic (exact) mass is 235 g/mol. The molecule has 0 aromatic heterocycles. The van der Waals surface area contributed by atoms with Crippen LogP contribution in [-0.4, -0.2) is 24.8 Å². The number of benzene rings is 1. The van der Waals surface area contributed by atoms with E-state index in [4.69, 9.17) is 4.74 Å². The summed E-state index contributed by atoms with van der Waals surface area (Å²) in [6.07, 6.45) is 3.36. The van der Waals surface area contributed by atoms with E-state index in [0.717, 1.165) is 29.7 Å². The van der Waals surface area contributed by atoms with Crippen LogP contribution in [0.1, 0.15) is 36.5 Å². The third kappa shape index (κ3) is 2.99. The van der Waals surface area contributed by atoms with Crippen LogP contribution < -0.4 is 10.1 Å². The molecular weight excluding hydrogens is 214 g/mol. The lowest BCUT2D eigenvalue weighted by molar-refractivity contribution is 0.110. The van der Waals surface area contributed by atoms with Gasteiger partial charge in [0, 0.05) is 12.1 Å². The molecule has 0 bridgehead atoms. The van der Waals surface area contributed by atoms with Gasteiger partial charge in [0.1, 0.15) is 5.75 Å². The molecule has 0 radical (unpaired) electrons. The molecule has 2 rings (SSSR count). The first-order chi connectivity index (χ1) is 8.20. The number of aryl methyl sites for hydroxylation is 1. The Labute approximate surface area is 103 Å². The van der Waals surface area contributed by atoms with E-state index in [9.17, 15) is 5.11 Å². The molecule has 1 aliphatic carbocycles. The Morgan fingerprint density at radius 2 is 2.24 bits per heavy atom. The summed E-state index contributed by atoms with van der Waals surface area (Å²) in [4.78, 5) is 0. The largest absolute Gasteiger partial charge is 0.490 e. The number of nitrogens with one attached hydrogen (secondary N) is 1. The zero-order valence-corrected chi connectivity index (χ0v) is 10.6. The summed E-state index contributed by atoms with van der Waals surface area (Å²) in [6.45, 7) is 2.58. The molecule has 0 amide bonds. The lowest BCUT2D eigenvalue weighted by atomic mass is 9.96. The average molecular weight is 235 g/mol. The molecule has 94 valence electrons. The number of hydrogen-bond acceptors (Lipinski definition) is 3. The van der Waals surface area contributed by atoms with Gasteiger partial charge in [0.2, 0.25) is 0 Å². The predicted octanol–water partition coefficient (Wildman–Crippen LogP) is 2.18. The molecule has 1 saturated carbocycles. The Morgan fingerprint density at radius 3 is 2.82 bits per heavy atom. The SMILES string of the molecule is CNCC(O)c1cc(C)ccc1OC1CCC1. The Bertz CT molecular complexity index is 374. The van der Waals surface area contributed by atoms with Crippen molar-refractivity contribution in [2.24, 2.45) is 0 Å². The van der Waals surface area contributed by atoms with Crippen molar-refractivity contribution >= 4 is 0 Å². The molecule has 3 heteroatoms. The van der Waals surface area contributed by atoms with Crippen molar-refractivity contribution in [2.75, 3.05) is 13.6 Å². The zero-order valence-electron chi connectivity index (χ0n) is 10.6. The number of hydrogen-bond donors (Lipinski definition) is 2. The maximum atomic E-state index is 10.1. The first kappa shape index (κ1) is 12.4. The van der Waals surface area contributed by atoms with Crippen LogP contribution in [0.2, 0.25) is 0 Å². The Balaban J connectivity index is 2.16. The summed E-state index contributed by atoms with van der Waals surface area (Å²) in [5.74, 6) is 0.836. The van der Waals surface area contributed by atoms with Gasteiger partial charge in [0.15, 0.2) is 0 Å². The summed E-state index contributed by atoms with van der Waals surface area (Å²) >= 11 is 0. The van der Waals surface area contributed by atoms with E-state index in [0.29, 0.717) is 12.6 Å². The molecule has 17 heavy (non-hydrogen) atoms. The van der Waals surface area contributed by atoms with Gasteiger partial charge in [-0.1, -0.05) is 11.6 Å². The van der Waals surface area contributed by atoms with Gasteiger partial charge >= 0.3 is 0 Å². The lowest BCUT2D eigenvalue weighted by Gasteiger charge is -2.28. The van der Waals surface area contributed by atoms with Gasteiger partial charge in [-0.2, -0.15) is 0 Å². The molecular formula is C14H21NO2. The normalized spacial score (nSPS) is 17.6. The van der Waals surface area contributed by atoms with Crippen LogP contribution in [-0.2, 0) is 0 Å². The Kier molecular flexibility index (Phi) is 4.02. The number of likely N-dealkylation sites (N-methyl/N-ethyl adjacent to an activating group) is 1. The number of ether oxygens (including phenoxy) is 1. The molecule has 1 aromatic rings. The fourth-order valence-electron chi connectivity index (χ4n) is 2.01. The Hall–Kier alpha value is -1.06. The summed E-state index contributed by atoms with van der Waals surface area (Å²) < 4.78 is 5.92. The van der Waals surface area contributed by atoms with Crippen molar-refractivity contribution in [1.82, 2.24) is 5.32 Å². The highest BCUT2D eigenvalue weighted by Crippen LogP contribution is 2.31. The molecule has 1 fully saturated rings. The fraction of sp³-hybridized carbons (Fsp3) is 0.571. The van der Waals surface area contributed by atoms with Crippen LogP contribution in [0.5, 0.6) is 5.75 Å². The van der Waals surface area contributed by atoms with E-state index in [1.165, 1.54) is 6.42 Å². The summed E-state index contributed by atoms with van der Waals surface area (Å²) in [5.41, 5.74) is 2.04. The Morgan fingerprint density at radius 1 is 1.47 bits per heavy atom. The van der Waals surface area contributed by atoms with Gasteiger partial charge in [-0.05, 0) is 45.4 Å². The molecule has 0 spiro atoms. The van der Waals surface area contributed by atoms with Gasteiger partial charge in [-0.25, -0.2) is 0 Å². The van der Waals surface area contributed by atoms with Crippen molar-refractivity contribution in [2.45, 2.75) is 38.4 Å². The van der Waals surface area contributed by atoms with Crippen LogP contribution in [0.3, 0.4) is 0 Å².